The van der Waals surface area contributed by atoms with Gasteiger partial charge in [0.05, 0.1) is 11.6 Å². The van der Waals surface area contributed by atoms with Crippen LogP contribution in [0, 0.1) is 0 Å². The van der Waals surface area contributed by atoms with Crippen LogP contribution in [0.25, 0.3) is 0 Å². The minimum atomic E-state index is -0.350. The van der Waals surface area contributed by atoms with Crippen LogP contribution in [0.4, 0.5) is 0 Å². The molecule has 1 amide bonds. The summed E-state index contributed by atoms with van der Waals surface area (Å²) in [5, 5.41) is 6.69. The molecule has 1 aliphatic heterocycles. The summed E-state index contributed by atoms with van der Waals surface area (Å²) in [7, 11) is 0. The van der Waals surface area contributed by atoms with E-state index in [1.165, 1.54) is 5.56 Å². The highest BCUT2D eigenvalue weighted by atomic mass is 79.9. The van der Waals surface area contributed by atoms with Gasteiger partial charge < -0.3 is 10.6 Å². The predicted molar refractivity (Wildman–Crippen MR) is 90.2 cm³/mol. The number of benzene rings is 1. The van der Waals surface area contributed by atoms with E-state index < -0.39 is 0 Å². The third kappa shape index (κ3) is 3.86. The fourth-order valence-electron chi connectivity index (χ4n) is 3.17. The third-order valence-electron chi connectivity index (χ3n) is 4.34. The van der Waals surface area contributed by atoms with Crippen LogP contribution in [-0.2, 0) is 4.79 Å². The summed E-state index contributed by atoms with van der Waals surface area (Å²) in [6.07, 6.45) is 4.87. The number of hydrogen-bond donors (Lipinski definition) is 2. The maximum absolute atomic E-state index is 12.8. The van der Waals surface area contributed by atoms with Gasteiger partial charge in [-0.3, -0.25) is 4.79 Å². The molecule has 1 fully saturated rings. The van der Waals surface area contributed by atoms with Crippen LogP contribution in [0.3, 0.4) is 0 Å². The van der Waals surface area contributed by atoms with E-state index in [1.807, 2.05) is 12.1 Å². The number of nitrogens with one attached hydrogen (secondary N) is 2. The summed E-state index contributed by atoms with van der Waals surface area (Å²) < 4.78 is 1.06. The zero-order valence-corrected chi connectivity index (χ0v) is 14.5. The topological polar surface area (TPSA) is 41.1 Å². The molecular formula is C17H25BrN2O. The fourth-order valence-corrected chi connectivity index (χ4v) is 3.43. The lowest BCUT2D eigenvalue weighted by atomic mass is 9.90. The Morgan fingerprint density at radius 2 is 2.10 bits per heavy atom. The van der Waals surface area contributed by atoms with E-state index in [2.05, 4.69) is 52.5 Å². The van der Waals surface area contributed by atoms with Crippen molar-refractivity contribution in [2.24, 2.45) is 0 Å². The Morgan fingerprint density at radius 3 is 2.62 bits per heavy atom. The van der Waals surface area contributed by atoms with Gasteiger partial charge in [0.2, 0.25) is 5.91 Å². The lowest BCUT2D eigenvalue weighted by molar-refractivity contribution is -0.128. The van der Waals surface area contributed by atoms with Crippen molar-refractivity contribution < 1.29 is 4.79 Å². The van der Waals surface area contributed by atoms with Crippen LogP contribution >= 0.6 is 15.9 Å². The molecule has 0 radical (unpaired) electrons. The van der Waals surface area contributed by atoms with Crippen LogP contribution in [-0.4, -0.2) is 18.0 Å². The number of amides is 1. The minimum absolute atomic E-state index is 0.0849. The summed E-state index contributed by atoms with van der Waals surface area (Å²) >= 11 is 3.45. The van der Waals surface area contributed by atoms with Gasteiger partial charge in [-0.1, -0.05) is 48.3 Å². The first kappa shape index (κ1) is 16.5. The van der Waals surface area contributed by atoms with Gasteiger partial charge in [0.1, 0.15) is 0 Å². The number of carbonyl (C=O) groups excluding carboxylic acids is 1. The van der Waals surface area contributed by atoms with Crippen molar-refractivity contribution in [2.45, 2.75) is 57.5 Å². The first-order chi connectivity index (χ1) is 10.1. The minimum Gasteiger partial charge on any atom is -0.348 e. The quantitative estimate of drug-likeness (QED) is 0.813. The Bertz CT molecular complexity index is 466. The highest BCUT2D eigenvalue weighted by molar-refractivity contribution is 9.10. The SMILES string of the molecule is CCCC1(C(=O)NC(CC)c2ccc(Br)cc2)CCCN1. The van der Waals surface area contributed by atoms with E-state index in [4.69, 9.17) is 0 Å². The number of hydrogen-bond acceptors (Lipinski definition) is 2. The van der Waals surface area contributed by atoms with Gasteiger partial charge in [-0.2, -0.15) is 0 Å². The molecule has 1 saturated heterocycles. The Hall–Kier alpha value is -0.870. The maximum Gasteiger partial charge on any atom is 0.240 e. The van der Waals surface area contributed by atoms with Gasteiger partial charge >= 0.3 is 0 Å². The zero-order valence-electron chi connectivity index (χ0n) is 12.9. The van der Waals surface area contributed by atoms with Crippen molar-refractivity contribution in [1.29, 1.82) is 0 Å². The monoisotopic (exact) mass is 352 g/mol. The number of rotatable bonds is 6. The summed E-state index contributed by atoms with van der Waals surface area (Å²) in [4.78, 5) is 12.8. The molecule has 0 saturated carbocycles. The first-order valence-corrected chi connectivity index (χ1v) is 8.72. The van der Waals surface area contributed by atoms with E-state index in [1.54, 1.807) is 0 Å². The van der Waals surface area contributed by atoms with E-state index >= 15 is 0 Å². The van der Waals surface area contributed by atoms with E-state index in [9.17, 15) is 4.79 Å². The van der Waals surface area contributed by atoms with Crippen LogP contribution in [0.15, 0.2) is 28.7 Å². The Balaban J connectivity index is 2.10. The van der Waals surface area contributed by atoms with Crippen molar-refractivity contribution in [2.75, 3.05) is 6.54 Å². The molecule has 4 heteroatoms. The maximum atomic E-state index is 12.8. The molecular weight excluding hydrogens is 328 g/mol. The molecule has 1 aromatic rings. The van der Waals surface area contributed by atoms with Crippen LogP contribution in [0.1, 0.15) is 57.6 Å². The van der Waals surface area contributed by atoms with E-state index in [-0.39, 0.29) is 17.5 Å². The average Bonchev–Trinajstić information content (AvgIpc) is 2.96. The fraction of sp³-hybridized carbons (Fsp3) is 0.588. The first-order valence-electron chi connectivity index (χ1n) is 7.92. The smallest absolute Gasteiger partial charge is 0.240 e. The van der Waals surface area contributed by atoms with Crippen molar-refractivity contribution >= 4 is 21.8 Å². The molecule has 116 valence electrons. The van der Waals surface area contributed by atoms with Gasteiger partial charge in [0, 0.05) is 4.47 Å². The summed E-state index contributed by atoms with van der Waals surface area (Å²) in [6, 6.07) is 8.29. The molecule has 0 bridgehead atoms. The molecule has 3 nitrogen and oxygen atoms in total. The lowest BCUT2D eigenvalue weighted by Crippen LogP contribution is -2.54. The molecule has 0 aromatic heterocycles. The summed E-state index contributed by atoms with van der Waals surface area (Å²) in [5.41, 5.74) is 0.816. The Labute approximate surface area is 136 Å². The standard InChI is InChI=1S/C17H25BrN2O/c1-3-10-17(11-5-12-19-17)16(21)20-15(4-2)13-6-8-14(18)9-7-13/h6-9,15,19H,3-5,10-12H2,1-2H3,(H,20,21). The molecule has 1 aromatic carbocycles. The van der Waals surface area contributed by atoms with Crippen molar-refractivity contribution in [1.82, 2.24) is 10.6 Å². The van der Waals surface area contributed by atoms with Gasteiger partial charge in [-0.05, 0) is 49.9 Å². The number of halogens is 1. The van der Waals surface area contributed by atoms with E-state index in [0.29, 0.717) is 0 Å². The molecule has 1 heterocycles. The molecule has 1 aliphatic rings. The molecule has 21 heavy (non-hydrogen) atoms. The van der Waals surface area contributed by atoms with Crippen LogP contribution in [0.2, 0.25) is 0 Å². The Kier molecular flexibility index (Phi) is 5.82. The van der Waals surface area contributed by atoms with Crippen molar-refractivity contribution in [3.8, 4) is 0 Å². The van der Waals surface area contributed by atoms with Gasteiger partial charge in [-0.15, -0.1) is 0 Å². The van der Waals surface area contributed by atoms with Crippen molar-refractivity contribution in [3.63, 3.8) is 0 Å². The summed E-state index contributed by atoms with van der Waals surface area (Å²) in [5.74, 6) is 0.164. The molecule has 2 atom stereocenters. The molecule has 0 spiro atoms. The molecule has 2 rings (SSSR count). The number of carbonyl (C=O) groups is 1. The van der Waals surface area contributed by atoms with Gasteiger partial charge in [0.25, 0.3) is 0 Å². The second-order valence-electron chi connectivity index (χ2n) is 5.85. The second kappa shape index (κ2) is 7.41. The van der Waals surface area contributed by atoms with E-state index in [0.717, 1.165) is 43.1 Å². The highest BCUT2D eigenvalue weighted by Gasteiger charge is 2.40. The molecule has 2 N–H and O–H groups in total. The highest BCUT2D eigenvalue weighted by Crippen LogP contribution is 2.27. The second-order valence-corrected chi connectivity index (χ2v) is 6.76. The average molecular weight is 353 g/mol. The largest absolute Gasteiger partial charge is 0.348 e. The van der Waals surface area contributed by atoms with Crippen LogP contribution in [0.5, 0.6) is 0 Å². The molecule has 2 unspecified atom stereocenters. The summed E-state index contributed by atoms with van der Waals surface area (Å²) in [6.45, 7) is 5.20. The molecule has 0 aliphatic carbocycles. The Morgan fingerprint density at radius 1 is 1.38 bits per heavy atom. The zero-order chi connectivity index (χ0) is 15.3. The lowest BCUT2D eigenvalue weighted by Gasteiger charge is -2.30. The normalized spacial score (nSPS) is 23.0. The van der Waals surface area contributed by atoms with Gasteiger partial charge in [-0.25, -0.2) is 0 Å². The van der Waals surface area contributed by atoms with Gasteiger partial charge in [0.15, 0.2) is 0 Å². The van der Waals surface area contributed by atoms with Crippen LogP contribution < -0.4 is 10.6 Å². The predicted octanol–water partition coefficient (Wildman–Crippen LogP) is 3.94. The van der Waals surface area contributed by atoms with Crippen molar-refractivity contribution in [3.05, 3.63) is 34.3 Å². The third-order valence-corrected chi connectivity index (χ3v) is 4.87.